The molecule has 4 fully saturated rings. The van der Waals surface area contributed by atoms with Crippen LogP contribution in [-0.2, 0) is 10.0 Å². The molecular formula is C18H24F2N2O2S. The Morgan fingerprint density at radius 1 is 1.12 bits per heavy atom. The highest BCUT2D eigenvalue weighted by molar-refractivity contribution is 7.89. The first-order valence-corrected chi connectivity index (χ1v) is 10.5. The molecule has 4 nitrogen and oxygen atoms in total. The van der Waals surface area contributed by atoms with Gasteiger partial charge in [-0.15, -0.1) is 0 Å². The number of piperidine rings is 3. The molecular weight excluding hydrogens is 346 g/mol. The summed E-state index contributed by atoms with van der Waals surface area (Å²) >= 11 is 0. The summed E-state index contributed by atoms with van der Waals surface area (Å²) in [6, 6.07) is 4.05. The van der Waals surface area contributed by atoms with Crippen LogP contribution < -0.4 is 0 Å². The van der Waals surface area contributed by atoms with E-state index >= 15 is 0 Å². The summed E-state index contributed by atoms with van der Waals surface area (Å²) in [6.07, 6.45) is 1.95. The van der Waals surface area contributed by atoms with Crippen LogP contribution in [-0.4, -0.2) is 54.6 Å². The largest absolute Gasteiger partial charge is 0.298 e. The molecule has 25 heavy (non-hydrogen) atoms. The lowest BCUT2D eigenvalue weighted by molar-refractivity contribution is 0.0118. The van der Waals surface area contributed by atoms with Crippen molar-refractivity contribution < 1.29 is 17.2 Å². The van der Waals surface area contributed by atoms with Gasteiger partial charge < -0.3 is 0 Å². The highest BCUT2D eigenvalue weighted by Gasteiger charge is 2.57. The number of rotatable bonds is 3. The lowest BCUT2D eigenvalue weighted by Crippen LogP contribution is -2.61. The van der Waals surface area contributed by atoms with Crippen molar-refractivity contribution in [3.8, 4) is 0 Å². The maximum absolute atomic E-state index is 14.5. The van der Waals surface area contributed by atoms with Gasteiger partial charge in [0.2, 0.25) is 10.0 Å². The average molecular weight is 370 g/mol. The van der Waals surface area contributed by atoms with E-state index in [-0.39, 0.29) is 24.5 Å². The molecule has 4 heterocycles. The summed E-state index contributed by atoms with van der Waals surface area (Å²) in [5.74, 6) is -1.71. The van der Waals surface area contributed by atoms with Crippen molar-refractivity contribution in [2.75, 3.05) is 19.6 Å². The van der Waals surface area contributed by atoms with Crippen LogP contribution in [0.2, 0.25) is 0 Å². The number of fused-ring (bicyclic) bond motifs is 2. The van der Waals surface area contributed by atoms with Crippen molar-refractivity contribution in [1.82, 2.24) is 9.21 Å². The molecule has 0 radical (unpaired) electrons. The van der Waals surface area contributed by atoms with Crippen molar-refractivity contribution in [3.05, 3.63) is 35.4 Å². The van der Waals surface area contributed by atoms with Crippen LogP contribution in [0.3, 0.4) is 0 Å². The minimum absolute atomic E-state index is 0.0580. The topological polar surface area (TPSA) is 40.6 Å². The molecule has 0 aromatic heterocycles. The van der Waals surface area contributed by atoms with E-state index in [0.717, 1.165) is 32.0 Å². The lowest BCUT2D eigenvalue weighted by atomic mass is 9.75. The third kappa shape index (κ3) is 2.54. The summed E-state index contributed by atoms with van der Waals surface area (Å²) in [5.41, 5.74) is 0.309. The second kappa shape index (κ2) is 5.99. The monoisotopic (exact) mass is 370 g/mol. The number of hydrogen-bond acceptors (Lipinski definition) is 3. The van der Waals surface area contributed by atoms with Crippen molar-refractivity contribution in [3.63, 3.8) is 0 Å². The molecule has 138 valence electrons. The van der Waals surface area contributed by atoms with Crippen LogP contribution in [0.4, 0.5) is 8.78 Å². The van der Waals surface area contributed by atoms with E-state index in [9.17, 15) is 17.2 Å². The minimum Gasteiger partial charge on any atom is -0.298 e. The normalized spacial score (nSPS) is 35.3. The molecule has 7 heteroatoms. The van der Waals surface area contributed by atoms with E-state index in [1.807, 2.05) is 0 Å². The van der Waals surface area contributed by atoms with Gasteiger partial charge in [-0.3, -0.25) is 4.90 Å². The van der Waals surface area contributed by atoms with Gasteiger partial charge in [0.25, 0.3) is 0 Å². The Morgan fingerprint density at radius 3 is 2.44 bits per heavy atom. The van der Waals surface area contributed by atoms with Crippen LogP contribution in [0.1, 0.15) is 38.2 Å². The van der Waals surface area contributed by atoms with Crippen LogP contribution in [0.15, 0.2) is 18.2 Å². The fourth-order valence-corrected chi connectivity index (χ4v) is 6.56. The zero-order chi connectivity index (χ0) is 17.9. The van der Waals surface area contributed by atoms with Gasteiger partial charge in [-0.25, -0.2) is 17.2 Å². The zero-order valence-corrected chi connectivity index (χ0v) is 15.3. The smallest absolute Gasteiger partial charge is 0.216 e. The molecule has 5 rings (SSSR count). The first-order valence-electron chi connectivity index (χ1n) is 9.01. The van der Waals surface area contributed by atoms with E-state index in [0.29, 0.717) is 11.5 Å². The van der Waals surface area contributed by atoms with E-state index in [1.54, 1.807) is 24.2 Å². The molecule has 4 aliphatic heterocycles. The second-order valence-corrected chi connectivity index (χ2v) is 10.2. The van der Waals surface area contributed by atoms with Gasteiger partial charge >= 0.3 is 0 Å². The lowest BCUT2D eigenvalue weighted by Gasteiger charge is -2.51. The predicted molar refractivity (Wildman–Crippen MR) is 91.7 cm³/mol. The number of benzene rings is 1. The fraction of sp³-hybridized carbons (Fsp3) is 0.667. The molecule has 2 bridgehead atoms. The first kappa shape index (κ1) is 17.4. The van der Waals surface area contributed by atoms with Gasteiger partial charge in [0, 0.05) is 24.5 Å². The van der Waals surface area contributed by atoms with Gasteiger partial charge in [-0.05, 0) is 57.3 Å². The minimum atomic E-state index is -3.44. The summed E-state index contributed by atoms with van der Waals surface area (Å²) in [7, 11) is -3.44. The molecule has 4 aliphatic rings. The van der Waals surface area contributed by atoms with Gasteiger partial charge in [0.05, 0.1) is 5.25 Å². The molecule has 0 saturated carbocycles. The first-order chi connectivity index (χ1) is 11.8. The molecule has 0 unspecified atom stereocenters. The quantitative estimate of drug-likeness (QED) is 0.821. The summed E-state index contributed by atoms with van der Waals surface area (Å²) < 4.78 is 55.7. The van der Waals surface area contributed by atoms with Gasteiger partial charge in [-0.1, -0.05) is 12.1 Å². The molecule has 4 saturated heterocycles. The Morgan fingerprint density at radius 2 is 1.80 bits per heavy atom. The maximum Gasteiger partial charge on any atom is 0.216 e. The van der Waals surface area contributed by atoms with Crippen LogP contribution in [0.25, 0.3) is 0 Å². The fourth-order valence-electron chi connectivity index (χ4n) is 5.01. The summed E-state index contributed by atoms with van der Waals surface area (Å²) in [6.45, 7) is 5.43. The average Bonchev–Trinajstić information content (AvgIpc) is 3.01. The zero-order valence-electron chi connectivity index (χ0n) is 14.5. The van der Waals surface area contributed by atoms with Crippen molar-refractivity contribution >= 4 is 10.0 Å². The van der Waals surface area contributed by atoms with Gasteiger partial charge in [0.15, 0.2) is 11.6 Å². The predicted octanol–water partition coefficient (Wildman–Crippen LogP) is 2.57. The maximum atomic E-state index is 14.5. The van der Waals surface area contributed by atoms with Crippen LogP contribution in [0, 0.1) is 17.6 Å². The number of halogens is 2. The highest BCUT2D eigenvalue weighted by Crippen LogP contribution is 2.48. The third-order valence-electron chi connectivity index (χ3n) is 6.25. The van der Waals surface area contributed by atoms with E-state index < -0.39 is 26.9 Å². The molecule has 1 aromatic carbocycles. The summed E-state index contributed by atoms with van der Waals surface area (Å²) in [5, 5.41) is -0.514. The molecule has 1 aromatic rings. The Kier molecular flexibility index (Phi) is 4.16. The van der Waals surface area contributed by atoms with Gasteiger partial charge in [-0.2, -0.15) is 4.31 Å². The van der Waals surface area contributed by atoms with Gasteiger partial charge in [0.1, 0.15) is 0 Å². The molecule has 3 atom stereocenters. The Hall–Kier alpha value is -1.05. The number of sulfonamides is 1. The Balaban J connectivity index is 1.80. The molecule has 0 spiro atoms. The number of nitrogens with zero attached hydrogens (tertiary/aromatic N) is 2. The molecule has 0 amide bonds. The second-order valence-electron chi connectivity index (χ2n) is 7.77. The van der Waals surface area contributed by atoms with Crippen molar-refractivity contribution in [2.45, 2.75) is 49.9 Å². The van der Waals surface area contributed by atoms with Crippen molar-refractivity contribution in [1.29, 1.82) is 0 Å². The SMILES string of the molecule is CC(C)S(=O)(=O)N1C[C@H](c2cccc(F)c2F)[C@H]2[C@@H]1C1CCN2CC1. The highest BCUT2D eigenvalue weighted by atomic mass is 32.2. The van der Waals surface area contributed by atoms with E-state index in [2.05, 4.69) is 4.90 Å². The molecule has 0 aliphatic carbocycles. The Bertz CT molecular complexity index is 775. The van der Waals surface area contributed by atoms with E-state index in [4.69, 9.17) is 0 Å². The number of hydrogen-bond donors (Lipinski definition) is 0. The standard InChI is InChI=1S/C18H24F2N2O2S/c1-11(2)25(23,24)22-10-14(13-4-3-5-15(19)16(13)20)18-17(22)12-6-8-21(18)9-7-12/h3-5,11-12,14,17-18H,6-10H2,1-2H3/t14-,17+,18+/m1/s1. The van der Waals surface area contributed by atoms with Crippen LogP contribution in [0.5, 0.6) is 0 Å². The molecule has 0 N–H and O–H groups in total. The van der Waals surface area contributed by atoms with E-state index in [1.165, 1.54) is 6.07 Å². The summed E-state index contributed by atoms with van der Waals surface area (Å²) in [4.78, 5) is 2.29. The van der Waals surface area contributed by atoms with Crippen LogP contribution >= 0.6 is 0 Å². The van der Waals surface area contributed by atoms with Crippen molar-refractivity contribution in [2.24, 2.45) is 5.92 Å². The third-order valence-corrected chi connectivity index (χ3v) is 8.49. The Labute approximate surface area is 147 Å².